The molecule has 2 N–H and O–H groups in total. The van der Waals surface area contributed by atoms with Gasteiger partial charge in [-0.3, -0.25) is 9.59 Å². The maximum atomic E-state index is 11.6. The molecule has 7 nitrogen and oxygen atoms in total. The number of nitrogens with zero attached hydrogens (tertiary/aromatic N) is 2. The van der Waals surface area contributed by atoms with Gasteiger partial charge < -0.3 is 19.9 Å². The van der Waals surface area contributed by atoms with Crippen LogP contribution in [0.5, 0.6) is 5.75 Å². The van der Waals surface area contributed by atoms with Crippen LogP contribution in [0.4, 0.5) is 5.82 Å². The smallest absolute Gasteiger partial charge is 0.295 e. The molecular weight excluding hydrogens is 236 g/mol. The summed E-state index contributed by atoms with van der Waals surface area (Å²) < 4.78 is 5.04. The molecule has 1 aromatic rings. The minimum absolute atomic E-state index is 0.120. The average molecular weight is 254 g/mol. The van der Waals surface area contributed by atoms with Crippen LogP contribution in [0.1, 0.15) is 13.3 Å². The van der Waals surface area contributed by atoms with E-state index in [0.717, 1.165) is 6.42 Å². The molecule has 0 aliphatic carbocycles. The molecule has 1 amide bonds. The van der Waals surface area contributed by atoms with E-state index in [0.29, 0.717) is 12.4 Å². The van der Waals surface area contributed by atoms with Gasteiger partial charge in [-0.05, 0) is 6.42 Å². The Labute approximate surface area is 105 Å². The van der Waals surface area contributed by atoms with Gasteiger partial charge in [0, 0.05) is 13.6 Å². The number of hydrogen-bond acceptors (Lipinski definition) is 5. The van der Waals surface area contributed by atoms with Crippen molar-refractivity contribution in [1.82, 2.24) is 15.3 Å². The Kier molecular flexibility index (Phi) is 5.16. The van der Waals surface area contributed by atoms with E-state index in [4.69, 9.17) is 4.74 Å². The van der Waals surface area contributed by atoms with Crippen LogP contribution in [0.25, 0.3) is 0 Å². The average Bonchev–Trinajstić information content (AvgIpc) is 2.37. The van der Waals surface area contributed by atoms with Crippen LogP contribution in [0.3, 0.4) is 0 Å². The molecule has 1 rings (SSSR count). The van der Waals surface area contributed by atoms with Crippen LogP contribution in [-0.4, -0.2) is 43.1 Å². The predicted octanol–water partition coefficient (Wildman–Crippen LogP) is -0.259. The molecule has 0 fully saturated rings. The van der Waals surface area contributed by atoms with Gasteiger partial charge in [-0.15, -0.1) is 0 Å². The summed E-state index contributed by atoms with van der Waals surface area (Å²) in [5.41, 5.74) is -0.361. The summed E-state index contributed by atoms with van der Waals surface area (Å²) in [5.74, 6) is 0.356. The maximum absolute atomic E-state index is 11.6. The first kappa shape index (κ1) is 14.0. The molecule has 0 aliphatic heterocycles. The number of anilines is 1. The Hall–Kier alpha value is -2.05. The number of aromatic amines is 1. The van der Waals surface area contributed by atoms with Crippen molar-refractivity contribution in [2.24, 2.45) is 0 Å². The molecule has 0 bridgehead atoms. The van der Waals surface area contributed by atoms with Gasteiger partial charge in [0.05, 0.1) is 20.0 Å². The molecule has 1 aromatic heterocycles. The minimum Gasteiger partial charge on any atom is -0.489 e. The molecule has 1 heterocycles. The quantitative estimate of drug-likeness (QED) is 0.730. The van der Waals surface area contributed by atoms with Crippen molar-refractivity contribution in [2.45, 2.75) is 13.3 Å². The van der Waals surface area contributed by atoms with Crippen LogP contribution in [0, 0.1) is 0 Å². The van der Waals surface area contributed by atoms with Gasteiger partial charge in [-0.1, -0.05) is 6.92 Å². The van der Waals surface area contributed by atoms with E-state index in [2.05, 4.69) is 15.3 Å². The normalized spacial score (nSPS) is 9.94. The zero-order valence-electron chi connectivity index (χ0n) is 10.8. The molecule has 0 saturated carbocycles. The summed E-state index contributed by atoms with van der Waals surface area (Å²) in [4.78, 5) is 31.3. The highest BCUT2D eigenvalue weighted by Crippen LogP contribution is 2.20. The molecular formula is C11H18N4O3. The van der Waals surface area contributed by atoms with Crippen LogP contribution in [0.2, 0.25) is 0 Å². The monoisotopic (exact) mass is 254 g/mol. The molecule has 0 saturated heterocycles. The largest absolute Gasteiger partial charge is 0.489 e. The predicted molar refractivity (Wildman–Crippen MR) is 68.0 cm³/mol. The number of aromatic nitrogens is 2. The van der Waals surface area contributed by atoms with Gasteiger partial charge in [0.15, 0.2) is 5.82 Å². The van der Waals surface area contributed by atoms with Gasteiger partial charge in [-0.25, -0.2) is 4.98 Å². The lowest BCUT2D eigenvalue weighted by Crippen LogP contribution is -2.37. The fourth-order valence-corrected chi connectivity index (χ4v) is 1.57. The van der Waals surface area contributed by atoms with E-state index < -0.39 is 0 Å². The highest BCUT2D eigenvalue weighted by atomic mass is 16.5. The number of methoxy groups -OCH3 is 1. The number of amides is 1. The van der Waals surface area contributed by atoms with Crippen molar-refractivity contribution in [3.63, 3.8) is 0 Å². The van der Waals surface area contributed by atoms with E-state index in [1.54, 1.807) is 11.9 Å². The molecule has 0 radical (unpaired) electrons. The molecule has 0 unspecified atom stereocenters. The summed E-state index contributed by atoms with van der Waals surface area (Å²) in [7, 11) is 2.97. The number of H-pyrrole nitrogens is 1. The fourth-order valence-electron chi connectivity index (χ4n) is 1.57. The van der Waals surface area contributed by atoms with E-state index in [1.165, 1.54) is 13.4 Å². The Morgan fingerprint density at radius 3 is 2.89 bits per heavy atom. The highest BCUT2D eigenvalue weighted by molar-refractivity contribution is 5.81. The molecule has 0 atom stereocenters. The first-order chi connectivity index (χ1) is 8.63. The van der Waals surface area contributed by atoms with Crippen LogP contribution >= 0.6 is 0 Å². The van der Waals surface area contributed by atoms with Crippen molar-refractivity contribution < 1.29 is 9.53 Å². The summed E-state index contributed by atoms with van der Waals surface area (Å²) >= 11 is 0. The number of rotatable bonds is 6. The van der Waals surface area contributed by atoms with Gasteiger partial charge in [0.2, 0.25) is 11.7 Å². The summed E-state index contributed by atoms with van der Waals surface area (Å²) in [6.07, 6.45) is 2.13. The van der Waals surface area contributed by atoms with Crippen LogP contribution in [-0.2, 0) is 4.79 Å². The fraction of sp³-hybridized carbons (Fsp3) is 0.545. The molecule has 100 valence electrons. The first-order valence-corrected chi connectivity index (χ1v) is 5.71. The van der Waals surface area contributed by atoms with Gasteiger partial charge in [0.1, 0.15) is 0 Å². The van der Waals surface area contributed by atoms with Gasteiger partial charge >= 0.3 is 0 Å². The number of likely N-dealkylation sites (N-methyl/N-ethyl adjacent to an activating group) is 1. The number of hydrogen-bond donors (Lipinski definition) is 2. The zero-order valence-corrected chi connectivity index (χ0v) is 10.8. The third-order valence-corrected chi connectivity index (χ3v) is 2.40. The van der Waals surface area contributed by atoms with Crippen molar-refractivity contribution in [3.05, 3.63) is 16.7 Å². The lowest BCUT2D eigenvalue weighted by molar-refractivity contribution is -0.119. The van der Waals surface area contributed by atoms with Crippen molar-refractivity contribution in [3.8, 4) is 5.75 Å². The van der Waals surface area contributed by atoms with Crippen molar-refractivity contribution >= 4 is 11.7 Å². The lowest BCUT2D eigenvalue weighted by Gasteiger charge is -2.23. The number of nitrogens with one attached hydrogen (secondary N) is 2. The minimum atomic E-state index is -0.361. The summed E-state index contributed by atoms with van der Waals surface area (Å²) in [6, 6.07) is 0. The first-order valence-electron chi connectivity index (χ1n) is 5.71. The summed E-state index contributed by atoms with van der Waals surface area (Å²) in [6.45, 7) is 2.73. The number of carbonyl (C=O) groups excluding carboxylic acids is 1. The molecule has 0 aromatic carbocycles. The Morgan fingerprint density at radius 2 is 2.33 bits per heavy atom. The van der Waals surface area contributed by atoms with E-state index in [-0.39, 0.29) is 23.8 Å². The standard InChI is InChI=1S/C11H18N4O3/c1-4-5-15(6-8(16)12-2)10-9(18-3)11(17)14-7-13-10/h7H,4-6H2,1-3H3,(H,12,16)(H,13,14,17). The number of ether oxygens (including phenoxy) is 1. The second kappa shape index (κ2) is 6.63. The van der Waals surface area contributed by atoms with E-state index >= 15 is 0 Å². The molecule has 7 heteroatoms. The SMILES string of the molecule is CCCN(CC(=O)NC)c1nc[nH]c(=O)c1OC. The summed E-state index contributed by atoms with van der Waals surface area (Å²) in [5, 5.41) is 2.54. The molecule has 0 spiro atoms. The maximum Gasteiger partial charge on any atom is 0.295 e. The third kappa shape index (κ3) is 3.22. The van der Waals surface area contributed by atoms with E-state index in [1.807, 2.05) is 6.92 Å². The molecule has 0 aliphatic rings. The lowest BCUT2D eigenvalue weighted by atomic mass is 10.3. The highest BCUT2D eigenvalue weighted by Gasteiger charge is 2.18. The second-order valence-corrected chi connectivity index (χ2v) is 3.68. The Balaban J connectivity index is 3.08. The Morgan fingerprint density at radius 1 is 1.61 bits per heavy atom. The topological polar surface area (TPSA) is 87.3 Å². The third-order valence-electron chi connectivity index (χ3n) is 2.40. The molecule has 18 heavy (non-hydrogen) atoms. The van der Waals surface area contributed by atoms with Crippen molar-refractivity contribution in [1.29, 1.82) is 0 Å². The second-order valence-electron chi connectivity index (χ2n) is 3.68. The van der Waals surface area contributed by atoms with Gasteiger partial charge in [-0.2, -0.15) is 0 Å². The van der Waals surface area contributed by atoms with E-state index in [9.17, 15) is 9.59 Å². The van der Waals surface area contributed by atoms with Crippen molar-refractivity contribution in [2.75, 3.05) is 32.1 Å². The van der Waals surface area contributed by atoms with Crippen LogP contribution < -0.4 is 20.5 Å². The van der Waals surface area contributed by atoms with Gasteiger partial charge in [0.25, 0.3) is 5.56 Å². The zero-order chi connectivity index (χ0) is 13.5. The number of carbonyl (C=O) groups is 1. The van der Waals surface area contributed by atoms with Crippen LogP contribution in [0.15, 0.2) is 11.1 Å². The Bertz CT molecular complexity index is 458.